The van der Waals surface area contributed by atoms with Crippen molar-refractivity contribution in [3.05, 3.63) is 0 Å². The number of carbonyl (C=O) groups excluding carboxylic acids is 1. The second-order valence-corrected chi connectivity index (χ2v) is 3.27. The molecule has 0 saturated carbocycles. The Morgan fingerprint density at radius 3 is 2.00 bits per heavy atom. The Morgan fingerprint density at radius 2 is 1.92 bits per heavy atom. The average Bonchev–Trinajstić information content (AvgIpc) is 1.84. The van der Waals surface area contributed by atoms with Crippen LogP contribution in [0.1, 0.15) is 20.8 Å². The Hall–Kier alpha value is -1.26. The zero-order valence-corrected chi connectivity index (χ0v) is 7.53. The number of hydrogen-bond donors (Lipinski definition) is 2. The molecule has 0 rings (SSSR count). The van der Waals surface area contributed by atoms with Gasteiger partial charge in [-0.25, -0.2) is 4.79 Å². The van der Waals surface area contributed by atoms with Gasteiger partial charge in [-0.2, -0.15) is 0 Å². The molecule has 0 aromatic heterocycles. The number of primary amides is 1. The lowest BCUT2D eigenvalue weighted by Crippen LogP contribution is -2.21. The summed E-state index contributed by atoms with van der Waals surface area (Å²) < 4.78 is 4.55. The van der Waals surface area contributed by atoms with Crippen molar-refractivity contribution >= 4 is 12.6 Å². The Morgan fingerprint density at radius 1 is 1.58 bits per heavy atom. The van der Waals surface area contributed by atoms with Gasteiger partial charge >= 0.3 is 6.09 Å². The highest BCUT2D eigenvalue weighted by Gasteiger charge is 2.11. The number of hydrogen-bond acceptors (Lipinski definition) is 3. The van der Waals surface area contributed by atoms with Crippen molar-refractivity contribution in [2.24, 2.45) is 11.1 Å². The SMILES string of the molecule is CC(C)(C)COC(N)=O.O=CO. The van der Waals surface area contributed by atoms with Crippen LogP contribution < -0.4 is 5.73 Å². The van der Waals surface area contributed by atoms with Gasteiger partial charge in [0.15, 0.2) is 0 Å². The van der Waals surface area contributed by atoms with E-state index >= 15 is 0 Å². The van der Waals surface area contributed by atoms with Crippen LogP contribution in [0, 0.1) is 5.41 Å². The molecule has 72 valence electrons. The van der Waals surface area contributed by atoms with Crippen LogP contribution >= 0.6 is 0 Å². The molecule has 0 aromatic carbocycles. The summed E-state index contributed by atoms with van der Waals surface area (Å²) in [6.45, 7) is 6.03. The number of ether oxygens (including phenoxy) is 1. The molecule has 0 unspecified atom stereocenters. The summed E-state index contributed by atoms with van der Waals surface area (Å²) in [4.78, 5) is 18.4. The minimum absolute atomic E-state index is 0.00896. The number of rotatable bonds is 1. The van der Waals surface area contributed by atoms with Crippen LogP contribution in [0.25, 0.3) is 0 Å². The minimum atomic E-state index is -0.704. The van der Waals surface area contributed by atoms with Crippen LogP contribution in [0.3, 0.4) is 0 Å². The zero-order chi connectivity index (χ0) is 10.2. The molecule has 12 heavy (non-hydrogen) atoms. The standard InChI is InChI=1S/C6H13NO2.CH2O2/c1-6(2,3)4-9-5(7)8;2-1-3/h4H2,1-3H3,(H2,7,8);1H,(H,2,3). The molecule has 0 radical (unpaired) electrons. The summed E-state index contributed by atoms with van der Waals surface area (Å²) in [7, 11) is 0. The summed E-state index contributed by atoms with van der Waals surface area (Å²) >= 11 is 0. The predicted octanol–water partition coefficient (Wildman–Crippen LogP) is 0.829. The van der Waals surface area contributed by atoms with Gasteiger partial charge in [-0.05, 0) is 5.41 Å². The first kappa shape index (κ1) is 13.3. The van der Waals surface area contributed by atoms with Gasteiger partial charge in [-0.1, -0.05) is 20.8 Å². The van der Waals surface area contributed by atoms with E-state index in [0.29, 0.717) is 6.61 Å². The van der Waals surface area contributed by atoms with Crippen molar-refractivity contribution < 1.29 is 19.4 Å². The molecule has 1 amide bonds. The topological polar surface area (TPSA) is 89.6 Å². The van der Waals surface area contributed by atoms with Crippen molar-refractivity contribution in [3.63, 3.8) is 0 Å². The van der Waals surface area contributed by atoms with Crippen molar-refractivity contribution in [1.29, 1.82) is 0 Å². The molecular formula is C7H15NO4. The molecule has 0 atom stereocenters. The average molecular weight is 177 g/mol. The Balaban J connectivity index is 0. The second kappa shape index (κ2) is 6.45. The van der Waals surface area contributed by atoms with Gasteiger partial charge in [0.2, 0.25) is 0 Å². The van der Waals surface area contributed by atoms with Gasteiger partial charge in [-0.15, -0.1) is 0 Å². The molecule has 0 aromatic rings. The molecule has 0 saturated heterocycles. The largest absolute Gasteiger partial charge is 0.483 e. The first-order valence-electron chi connectivity index (χ1n) is 3.33. The maximum atomic E-state index is 10.0. The van der Waals surface area contributed by atoms with Crippen molar-refractivity contribution in [1.82, 2.24) is 0 Å². The van der Waals surface area contributed by atoms with Gasteiger partial charge in [0.25, 0.3) is 6.47 Å². The molecule has 0 aliphatic carbocycles. The molecule has 5 heteroatoms. The highest BCUT2D eigenvalue weighted by Crippen LogP contribution is 2.12. The third-order valence-corrected chi connectivity index (χ3v) is 0.647. The molecule has 3 N–H and O–H groups in total. The first-order valence-corrected chi connectivity index (χ1v) is 3.33. The summed E-state index contributed by atoms with van der Waals surface area (Å²) in [6.07, 6.45) is -0.704. The van der Waals surface area contributed by atoms with Crippen LogP contribution in [0.2, 0.25) is 0 Å². The molecule has 0 heterocycles. The first-order chi connectivity index (χ1) is 5.33. The van der Waals surface area contributed by atoms with Crippen molar-refractivity contribution in [2.75, 3.05) is 6.61 Å². The van der Waals surface area contributed by atoms with Crippen molar-refractivity contribution in [2.45, 2.75) is 20.8 Å². The highest BCUT2D eigenvalue weighted by molar-refractivity contribution is 5.64. The maximum absolute atomic E-state index is 10.0. The Kier molecular flexibility index (Phi) is 7.17. The number of carbonyl (C=O) groups is 2. The molecule has 0 fully saturated rings. The normalized spacial score (nSPS) is 9.25. The molecular weight excluding hydrogens is 162 g/mol. The van der Waals surface area contributed by atoms with Gasteiger partial charge in [0.1, 0.15) is 0 Å². The summed E-state index contributed by atoms with van der Waals surface area (Å²) in [5, 5.41) is 6.89. The molecule has 0 aliphatic heterocycles. The lowest BCUT2D eigenvalue weighted by molar-refractivity contribution is -0.122. The van der Waals surface area contributed by atoms with E-state index in [1.165, 1.54) is 0 Å². The molecule has 5 nitrogen and oxygen atoms in total. The van der Waals surface area contributed by atoms with E-state index in [4.69, 9.17) is 15.6 Å². The second-order valence-electron chi connectivity index (χ2n) is 3.27. The van der Waals surface area contributed by atoms with Gasteiger partial charge in [-0.3, -0.25) is 4.79 Å². The lowest BCUT2D eigenvalue weighted by atomic mass is 9.99. The number of amides is 1. The van der Waals surface area contributed by atoms with E-state index in [-0.39, 0.29) is 11.9 Å². The quantitative estimate of drug-likeness (QED) is 0.580. The van der Waals surface area contributed by atoms with Crippen LogP contribution in [0.15, 0.2) is 0 Å². The smallest absolute Gasteiger partial charge is 0.404 e. The minimum Gasteiger partial charge on any atom is -0.483 e. The summed E-state index contributed by atoms with van der Waals surface area (Å²) in [5.74, 6) is 0. The maximum Gasteiger partial charge on any atom is 0.404 e. The van der Waals surface area contributed by atoms with Crippen LogP contribution in [0.5, 0.6) is 0 Å². The van der Waals surface area contributed by atoms with E-state index in [9.17, 15) is 4.79 Å². The third-order valence-electron chi connectivity index (χ3n) is 0.647. The van der Waals surface area contributed by atoms with Crippen LogP contribution in [-0.2, 0) is 9.53 Å². The Labute approximate surface area is 71.5 Å². The van der Waals surface area contributed by atoms with Crippen LogP contribution in [-0.4, -0.2) is 24.3 Å². The number of nitrogens with two attached hydrogens (primary N) is 1. The van der Waals surface area contributed by atoms with Gasteiger partial charge < -0.3 is 15.6 Å². The highest BCUT2D eigenvalue weighted by atomic mass is 16.5. The molecule has 0 spiro atoms. The Bertz CT molecular complexity index is 139. The third kappa shape index (κ3) is 23.3. The predicted molar refractivity (Wildman–Crippen MR) is 43.7 cm³/mol. The van der Waals surface area contributed by atoms with E-state index in [1.807, 2.05) is 20.8 Å². The fourth-order valence-electron chi connectivity index (χ4n) is 0.288. The monoisotopic (exact) mass is 177 g/mol. The van der Waals surface area contributed by atoms with Gasteiger partial charge in [0, 0.05) is 0 Å². The molecule has 0 aliphatic rings. The summed E-state index contributed by atoms with van der Waals surface area (Å²) in [5.41, 5.74) is 4.75. The van der Waals surface area contributed by atoms with Crippen molar-refractivity contribution in [3.8, 4) is 0 Å². The van der Waals surface area contributed by atoms with E-state index < -0.39 is 6.09 Å². The van der Waals surface area contributed by atoms with Gasteiger partial charge in [0.05, 0.1) is 6.61 Å². The number of carboxylic acid groups (broad SMARTS) is 1. The van der Waals surface area contributed by atoms with E-state index in [1.54, 1.807) is 0 Å². The zero-order valence-electron chi connectivity index (χ0n) is 7.53. The summed E-state index contributed by atoms with van der Waals surface area (Å²) in [6, 6.07) is 0. The van der Waals surface area contributed by atoms with E-state index in [0.717, 1.165) is 0 Å². The fraction of sp³-hybridized carbons (Fsp3) is 0.714. The molecule has 0 bridgehead atoms. The van der Waals surface area contributed by atoms with E-state index in [2.05, 4.69) is 4.74 Å². The fourth-order valence-corrected chi connectivity index (χ4v) is 0.288. The lowest BCUT2D eigenvalue weighted by Gasteiger charge is -2.16. The van der Waals surface area contributed by atoms with Crippen LogP contribution in [0.4, 0.5) is 4.79 Å².